The molecule has 2 heterocycles. The highest BCUT2D eigenvalue weighted by molar-refractivity contribution is 5.92. The minimum absolute atomic E-state index is 0.0345. The molecule has 1 aliphatic heterocycles. The normalized spacial score (nSPS) is 17.7. The third-order valence-electron chi connectivity index (χ3n) is 5.23. The third kappa shape index (κ3) is 4.42. The molecule has 2 aromatic rings. The Kier molecular flexibility index (Phi) is 5.29. The zero-order chi connectivity index (χ0) is 18.6. The fraction of sp³-hybridized carbons (Fsp3) is 0.500. The summed E-state index contributed by atoms with van der Waals surface area (Å²) in [5.74, 6) is 2.28. The summed E-state index contributed by atoms with van der Waals surface area (Å²) in [5, 5.41) is 7.22. The lowest BCUT2D eigenvalue weighted by Crippen LogP contribution is -2.49. The Morgan fingerprint density at radius 2 is 1.85 bits per heavy atom. The van der Waals surface area contributed by atoms with E-state index in [1.54, 1.807) is 7.11 Å². The zero-order valence-corrected chi connectivity index (χ0v) is 15.7. The minimum Gasteiger partial charge on any atom is -0.497 e. The number of benzene rings is 1. The molecule has 0 unspecified atom stereocenters. The van der Waals surface area contributed by atoms with E-state index < -0.39 is 0 Å². The number of hydrogen-bond acceptors (Lipinski definition) is 5. The van der Waals surface area contributed by atoms with Gasteiger partial charge in [0.1, 0.15) is 23.8 Å². The number of nitrogens with one attached hydrogen (secondary N) is 1. The van der Waals surface area contributed by atoms with Crippen LogP contribution in [0.5, 0.6) is 11.5 Å². The Morgan fingerprint density at radius 3 is 2.52 bits per heavy atom. The van der Waals surface area contributed by atoms with Crippen molar-refractivity contribution >= 4 is 5.91 Å². The summed E-state index contributed by atoms with van der Waals surface area (Å²) in [5.41, 5.74) is 1.65. The maximum Gasteiger partial charge on any atom is 0.274 e. The molecule has 0 bridgehead atoms. The molecule has 1 saturated carbocycles. The number of aromatic amines is 1. The van der Waals surface area contributed by atoms with Crippen LogP contribution >= 0.6 is 0 Å². The molecule has 7 heteroatoms. The van der Waals surface area contributed by atoms with Gasteiger partial charge in [0, 0.05) is 44.3 Å². The first-order valence-electron chi connectivity index (χ1n) is 9.57. The smallest absolute Gasteiger partial charge is 0.274 e. The summed E-state index contributed by atoms with van der Waals surface area (Å²) in [4.78, 5) is 16.8. The van der Waals surface area contributed by atoms with Crippen molar-refractivity contribution in [1.29, 1.82) is 0 Å². The predicted molar refractivity (Wildman–Crippen MR) is 101 cm³/mol. The number of aromatic nitrogens is 2. The summed E-state index contributed by atoms with van der Waals surface area (Å²) in [7, 11) is 1.65. The van der Waals surface area contributed by atoms with Gasteiger partial charge in [-0.15, -0.1) is 0 Å². The average Bonchev–Trinajstić information content (AvgIpc) is 3.45. The summed E-state index contributed by atoms with van der Waals surface area (Å²) in [6.45, 7) is 4.65. The van der Waals surface area contributed by atoms with Crippen LogP contribution in [0.15, 0.2) is 30.3 Å². The number of carbonyl (C=O) groups excluding carboxylic acids is 1. The largest absolute Gasteiger partial charge is 0.497 e. The molecule has 0 spiro atoms. The first-order valence-corrected chi connectivity index (χ1v) is 9.57. The van der Waals surface area contributed by atoms with Gasteiger partial charge in [-0.05, 0) is 43.2 Å². The van der Waals surface area contributed by atoms with E-state index >= 15 is 0 Å². The number of piperazine rings is 1. The van der Waals surface area contributed by atoms with E-state index in [9.17, 15) is 4.79 Å². The van der Waals surface area contributed by atoms with Gasteiger partial charge >= 0.3 is 0 Å². The van der Waals surface area contributed by atoms with Crippen LogP contribution in [-0.4, -0.2) is 72.3 Å². The monoisotopic (exact) mass is 370 g/mol. The van der Waals surface area contributed by atoms with E-state index in [-0.39, 0.29) is 5.91 Å². The summed E-state index contributed by atoms with van der Waals surface area (Å²) in [6, 6.07) is 9.53. The van der Waals surface area contributed by atoms with Crippen molar-refractivity contribution in [2.75, 3.05) is 46.4 Å². The van der Waals surface area contributed by atoms with Crippen molar-refractivity contribution in [1.82, 2.24) is 20.0 Å². The quantitative estimate of drug-likeness (QED) is 0.809. The fourth-order valence-corrected chi connectivity index (χ4v) is 3.35. The second-order valence-electron chi connectivity index (χ2n) is 7.14. The molecule has 27 heavy (non-hydrogen) atoms. The number of amides is 1. The van der Waals surface area contributed by atoms with Gasteiger partial charge in [-0.1, -0.05) is 0 Å². The summed E-state index contributed by atoms with van der Waals surface area (Å²) < 4.78 is 10.9. The number of hydrogen-bond donors (Lipinski definition) is 1. The highest BCUT2D eigenvalue weighted by atomic mass is 16.5. The minimum atomic E-state index is 0.0345. The van der Waals surface area contributed by atoms with Crippen molar-refractivity contribution < 1.29 is 14.3 Å². The van der Waals surface area contributed by atoms with Gasteiger partial charge in [-0.2, -0.15) is 5.10 Å². The van der Waals surface area contributed by atoms with Gasteiger partial charge in [0.15, 0.2) is 0 Å². The molecule has 1 aliphatic carbocycles. The third-order valence-corrected chi connectivity index (χ3v) is 5.23. The molecule has 1 aromatic heterocycles. The second kappa shape index (κ2) is 8.00. The summed E-state index contributed by atoms with van der Waals surface area (Å²) >= 11 is 0. The number of ether oxygens (including phenoxy) is 2. The van der Waals surface area contributed by atoms with Crippen LogP contribution in [0.4, 0.5) is 0 Å². The predicted octanol–water partition coefficient (Wildman–Crippen LogP) is 2.13. The summed E-state index contributed by atoms with van der Waals surface area (Å²) in [6.07, 6.45) is 2.40. The van der Waals surface area contributed by atoms with E-state index in [2.05, 4.69) is 15.1 Å². The first-order chi connectivity index (χ1) is 13.2. The maximum atomic E-state index is 12.6. The molecule has 1 amide bonds. The van der Waals surface area contributed by atoms with Crippen LogP contribution in [0.25, 0.3) is 0 Å². The molecular weight excluding hydrogens is 344 g/mol. The molecule has 0 radical (unpaired) electrons. The van der Waals surface area contributed by atoms with Crippen molar-refractivity contribution in [3.8, 4) is 11.5 Å². The molecule has 2 fully saturated rings. The van der Waals surface area contributed by atoms with E-state index in [0.29, 0.717) is 18.2 Å². The lowest BCUT2D eigenvalue weighted by atomic mass is 10.2. The Labute approximate surface area is 159 Å². The van der Waals surface area contributed by atoms with Crippen molar-refractivity contribution in [3.05, 3.63) is 41.7 Å². The standard InChI is InChI=1S/C20H26N4O3/c1-26-16-4-6-17(7-5-16)27-13-12-23-8-10-24(11-9-23)20(25)19-14-18(21-22-19)15-2-3-15/h4-7,14-15H,2-3,8-13H2,1H3,(H,21,22). The number of rotatable bonds is 7. The van der Waals surface area contributed by atoms with Crippen LogP contribution in [0.1, 0.15) is 34.9 Å². The van der Waals surface area contributed by atoms with Gasteiger partial charge in [-0.25, -0.2) is 0 Å². The maximum absolute atomic E-state index is 12.6. The molecule has 1 aromatic carbocycles. The lowest BCUT2D eigenvalue weighted by Gasteiger charge is -2.34. The van der Waals surface area contributed by atoms with Crippen LogP contribution in [0.2, 0.25) is 0 Å². The molecule has 1 saturated heterocycles. The zero-order valence-electron chi connectivity index (χ0n) is 15.7. The van der Waals surface area contributed by atoms with Gasteiger partial charge in [0.2, 0.25) is 0 Å². The van der Waals surface area contributed by atoms with Gasteiger partial charge in [0.25, 0.3) is 5.91 Å². The van der Waals surface area contributed by atoms with Crippen LogP contribution in [0, 0.1) is 0 Å². The molecule has 4 rings (SSSR count). The first kappa shape index (κ1) is 17.9. The Hall–Kier alpha value is -2.54. The highest BCUT2D eigenvalue weighted by Gasteiger charge is 2.28. The number of carbonyl (C=O) groups is 1. The molecule has 7 nitrogen and oxygen atoms in total. The Morgan fingerprint density at radius 1 is 1.15 bits per heavy atom. The SMILES string of the molecule is COc1ccc(OCCN2CCN(C(=O)c3cc(C4CC4)[nH]n3)CC2)cc1. The average molecular weight is 370 g/mol. The Balaban J connectivity index is 1.19. The second-order valence-corrected chi connectivity index (χ2v) is 7.14. The number of methoxy groups -OCH3 is 1. The molecule has 2 aliphatic rings. The molecule has 1 N–H and O–H groups in total. The van der Waals surface area contributed by atoms with E-state index in [1.165, 1.54) is 12.8 Å². The number of H-pyrrole nitrogens is 1. The Bertz CT molecular complexity index is 762. The van der Waals surface area contributed by atoms with E-state index in [4.69, 9.17) is 9.47 Å². The molecular formula is C20H26N4O3. The van der Waals surface area contributed by atoms with Crippen LogP contribution < -0.4 is 9.47 Å². The van der Waals surface area contributed by atoms with E-state index in [0.717, 1.165) is 49.9 Å². The molecule has 144 valence electrons. The lowest BCUT2D eigenvalue weighted by molar-refractivity contribution is 0.0614. The molecule has 0 atom stereocenters. The van der Waals surface area contributed by atoms with Crippen molar-refractivity contribution in [2.45, 2.75) is 18.8 Å². The van der Waals surface area contributed by atoms with E-state index in [1.807, 2.05) is 35.2 Å². The number of nitrogens with zero attached hydrogens (tertiary/aromatic N) is 3. The van der Waals surface area contributed by atoms with Crippen LogP contribution in [0.3, 0.4) is 0 Å². The topological polar surface area (TPSA) is 70.7 Å². The van der Waals surface area contributed by atoms with Crippen molar-refractivity contribution in [3.63, 3.8) is 0 Å². The van der Waals surface area contributed by atoms with Gasteiger partial charge in [-0.3, -0.25) is 14.8 Å². The van der Waals surface area contributed by atoms with Crippen molar-refractivity contribution in [2.24, 2.45) is 0 Å². The fourth-order valence-electron chi connectivity index (χ4n) is 3.35. The highest BCUT2D eigenvalue weighted by Crippen LogP contribution is 2.39. The van der Waals surface area contributed by atoms with Gasteiger partial charge in [0.05, 0.1) is 7.11 Å². The van der Waals surface area contributed by atoms with Crippen LogP contribution in [-0.2, 0) is 0 Å². The van der Waals surface area contributed by atoms with Gasteiger partial charge < -0.3 is 14.4 Å².